The van der Waals surface area contributed by atoms with Crippen LogP contribution in [0.4, 0.5) is 11.4 Å². The molecule has 1 fully saturated rings. The fourth-order valence-electron chi connectivity index (χ4n) is 3.46. The molecule has 0 aromatic heterocycles. The summed E-state index contributed by atoms with van der Waals surface area (Å²) in [7, 11) is 3.16. The Labute approximate surface area is 213 Å². The Bertz CT molecular complexity index is 1230. The second-order valence-electron chi connectivity index (χ2n) is 7.73. The highest BCUT2D eigenvalue weighted by Gasteiger charge is 2.36. The number of thioether (sulfide) groups is 1. The van der Waals surface area contributed by atoms with Gasteiger partial charge in [-0.3, -0.25) is 14.5 Å². The molecule has 3 aromatic rings. The lowest BCUT2D eigenvalue weighted by molar-refractivity contribution is -0.129. The van der Waals surface area contributed by atoms with Crippen molar-refractivity contribution in [1.29, 1.82) is 0 Å². The fraction of sp³-hybridized carbons (Fsp3) is 0.192. The number of nitrogens with one attached hydrogen (secondary N) is 1. The molecule has 35 heavy (non-hydrogen) atoms. The summed E-state index contributed by atoms with van der Waals surface area (Å²) >= 11 is 7.27. The Balaban J connectivity index is 1.59. The molecule has 1 heterocycles. The molecule has 2 amide bonds. The lowest BCUT2D eigenvalue weighted by Crippen LogP contribution is -2.44. The summed E-state index contributed by atoms with van der Waals surface area (Å²) in [4.78, 5) is 32.6. The zero-order chi connectivity index (χ0) is 24.8. The molecule has 1 unspecified atom stereocenters. The van der Waals surface area contributed by atoms with Crippen LogP contribution in [0.3, 0.4) is 0 Å². The van der Waals surface area contributed by atoms with Crippen LogP contribution in [0.15, 0.2) is 77.8 Å². The van der Waals surface area contributed by atoms with E-state index in [-0.39, 0.29) is 18.2 Å². The molecule has 1 atom stereocenters. The van der Waals surface area contributed by atoms with Gasteiger partial charge in [-0.1, -0.05) is 41.6 Å². The predicted molar refractivity (Wildman–Crippen MR) is 140 cm³/mol. The van der Waals surface area contributed by atoms with Crippen molar-refractivity contribution < 1.29 is 19.1 Å². The van der Waals surface area contributed by atoms with E-state index in [4.69, 9.17) is 26.1 Å². The molecular formula is C26H24ClN3O4S. The number of hydrogen-bond donors (Lipinski definition) is 1. The summed E-state index contributed by atoms with van der Waals surface area (Å²) in [5.74, 6) is 0.878. The molecule has 0 radical (unpaired) electrons. The third-order valence-corrected chi connectivity index (χ3v) is 6.76. The average molecular weight is 510 g/mol. The van der Waals surface area contributed by atoms with Gasteiger partial charge in [-0.25, -0.2) is 4.99 Å². The molecule has 4 rings (SSSR count). The van der Waals surface area contributed by atoms with Crippen molar-refractivity contribution in [2.24, 2.45) is 4.99 Å². The van der Waals surface area contributed by atoms with Crippen molar-refractivity contribution >= 4 is 51.7 Å². The standard InChI is InChI=1S/C26H24ClN3O4S/c1-33-21-12-10-19(11-13-21)29-26-30(16-17-6-8-18(27)9-7-17)24(31)15-23(35-26)25(32)28-20-4-3-5-22(14-20)34-2/h3-14,23H,15-16H2,1-2H3,(H,28,32). The normalized spacial score (nSPS) is 16.8. The lowest BCUT2D eigenvalue weighted by Gasteiger charge is -2.32. The second-order valence-corrected chi connectivity index (χ2v) is 9.34. The molecule has 0 spiro atoms. The van der Waals surface area contributed by atoms with Gasteiger partial charge in [0, 0.05) is 23.2 Å². The first-order chi connectivity index (χ1) is 16.9. The zero-order valence-electron chi connectivity index (χ0n) is 19.2. The summed E-state index contributed by atoms with van der Waals surface area (Å²) in [5.41, 5.74) is 2.15. The summed E-state index contributed by atoms with van der Waals surface area (Å²) in [6, 6.07) is 21.6. The number of rotatable bonds is 7. The number of carbonyl (C=O) groups is 2. The number of carbonyl (C=O) groups excluding carboxylic acids is 2. The number of methoxy groups -OCH3 is 2. The Hall–Kier alpha value is -3.49. The maximum Gasteiger partial charge on any atom is 0.238 e. The van der Waals surface area contributed by atoms with E-state index < -0.39 is 5.25 Å². The SMILES string of the molecule is COc1ccc(N=C2SC(C(=O)Nc3cccc(OC)c3)CC(=O)N2Cc2ccc(Cl)cc2)cc1. The third kappa shape index (κ3) is 6.35. The monoisotopic (exact) mass is 509 g/mol. The van der Waals surface area contributed by atoms with E-state index in [1.807, 2.05) is 12.1 Å². The molecule has 1 aliphatic rings. The van der Waals surface area contributed by atoms with Crippen LogP contribution in [0, 0.1) is 0 Å². The molecule has 0 aliphatic carbocycles. The average Bonchev–Trinajstić information content (AvgIpc) is 2.87. The predicted octanol–water partition coefficient (Wildman–Crippen LogP) is 5.52. The molecule has 1 saturated heterocycles. The van der Waals surface area contributed by atoms with Gasteiger partial charge in [0.2, 0.25) is 11.8 Å². The highest BCUT2D eigenvalue weighted by molar-refractivity contribution is 8.15. The summed E-state index contributed by atoms with van der Waals surface area (Å²) in [6.45, 7) is 0.322. The maximum absolute atomic E-state index is 13.2. The van der Waals surface area contributed by atoms with Crippen molar-refractivity contribution in [3.63, 3.8) is 0 Å². The fourth-order valence-corrected chi connectivity index (χ4v) is 4.68. The van der Waals surface area contributed by atoms with Crippen molar-refractivity contribution in [3.05, 3.63) is 83.4 Å². The van der Waals surface area contributed by atoms with Crippen LogP contribution in [-0.2, 0) is 16.1 Å². The number of amidine groups is 1. The van der Waals surface area contributed by atoms with Gasteiger partial charge in [-0.2, -0.15) is 0 Å². The molecule has 1 N–H and O–H groups in total. The molecular weight excluding hydrogens is 486 g/mol. The van der Waals surface area contributed by atoms with Gasteiger partial charge in [-0.05, 0) is 54.1 Å². The third-order valence-electron chi connectivity index (χ3n) is 5.32. The van der Waals surface area contributed by atoms with Gasteiger partial charge in [0.1, 0.15) is 16.7 Å². The van der Waals surface area contributed by atoms with Crippen molar-refractivity contribution in [3.8, 4) is 11.5 Å². The number of ether oxygens (including phenoxy) is 2. The molecule has 3 aromatic carbocycles. The Morgan fingerprint density at radius 3 is 2.46 bits per heavy atom. The molecule has 7 nitrogen and oxygen atoms in total. The first-order valence-electron chi connectivity index (χ1n) is 10.8. The summed E-state index contributed by atoms with van der Waals surface area (Å²) < 4.78 is 10.4. The van der Waals surface area contributed by atoms with Crippen LogP contribution in [0.2, 0.25) is 5.02 Å². The van der Waals surface area contributed by atoms with Crippen LogP contribution in [0.25, 0.3) is 0 Å². The molecule has 180 valence electrons. The number of amides is 2. The molecule has 9 heteroatoms. The van der Waals surface area contributed by atoms with Crippen LogP contribution in [0.5, 0.6) is 11.5 Å². The van der Waals surface area contributed by atoms with E-state index in [0.29, 0.717) is 39.6 Å². The van der Waals surface area contributed by atoms with E-state index in [1.165, 1.54) is 11.8 Å². The van der Waals surface area contributed by atoms with Crippen LogP contribution < -0.4 is 14.8 Å². The van der Waals surface area contributed by atoms with Gasteiger partial charge in [-0.15, -0.1) is 0 Å². The topological polar surface area (TPSA) is 80.2 Å². The second kappa shape index (κ2) is 11.3. The van der Waals surface area contributed by atoms with Crippen LogP contribution >= 0.6 is 23.4 Å². The quantitative estimate of drug-likeness (QED) is 0.453. The zero-order valence-corrected chi connectivity index (χ0v) is 20.8. The smallest absolute Gasteiger partial charge is 0.238 e. The van der Waals surface area contributed by atoms with E-state index in [9.17, 15) is 9.59 Å². The number of benzene rings is 3. The molecule has 0 saturated carbocycles. The first kappa shape index (κ1) is 24.6. The summed E-state index contributed by atoms with van der Waals surface area (Å²) in [6.07, 6.45) is 0.0513. The first-order valence-corrected chi connectivity index (χ1v) is 12.1. The van der Waals surface area contributed by atoms with Gasteiger partial charge in [0.15, 0.2) is 5.17 Å². The number of nitrogens with zero attached hydrogens (tertiary/aromatic N) is 2. The van der Waals surface area contributed by atoms with Crippen molar-refractivity contribution in [2.45, 2.75) is 18.2 Å². The number of anilines is 1. The largest absolute Gasteiger partial charge is 0.497 e. The van der Waals surface area contributed by atoms with Crippen LogP contribution in [-0.4, -0.2) is 41.4 Å². The van der Waals surface area contributed by atoms with Crippen LogP contribution in [0.1, 0.15) is 12.0 Å². The highest BCUT2D eigenvalue weighted by atomic mass is 35.5. The minimum atomic E-state index is -0.632. The number of halogens is 1. The summed E-state index contributed by atoms with van der Waals surface area (Å²) in [5, 5.41) is 3.32. The number of aliphatic imine (C=N–C) groups is 1. The maximum atomic E-state index is 13.2. The van der Waals surface area contributed by atoms with Gasteiger partial charge in [0.05, 0.1) is 26.5 Å². The Kier molecular flexibility index (Phi) is 7.94. The van der Waals surface area contributed by atoms with Gasteiger partial charge < -0.3 is 14.8 Å². The van der Waals surface area contributed by atoms with Gasteiger partial charge >= 0.3 is 0 Å². The van der Waals surface area contributed by atoms with E-state index in [2.05, 4.69) is 5.32 Å². The highest BCUT2D eigenvalue weighted by Crippen LogP contribution is 2.32. The molecule has 0 bridgehead atoms. The lowest BCUT2D eigenvalue weighted by atomic mass is 10.2. The number of hydrogen-bond acceptors (Lipinski definition) is 6. The molecule has 1 aliphatic heterocycles. The van der Waals surface area contributed by atoms with E-state index in [1.54, 1.807) is 79.8 Å². The van der Waals surface area contributed by atoms with Gasteiger partial charge in [0.25, 0.3) is 0 Å². The van der Waals surface area contributed by atoms with Crippen molar-refractivity contribution in [2.75, 3.05) is 19.5 Å². The van der Waals surface area contributed by atoms with E-state index in [0.717, 1.165) is 5.56 Å². The minimum Gasteiger partial charge on any atom is -0.497 e. The van der Waals surface area contributed by atoms with E-state index >= 15 is 0 Å². The van der Waals surface area contributed by atoms with Crippen molar-refractivity contribution in [1.82, 2.24) is 4.90 Å². The minimum absolute atomic E-state index is 0.0513. The Morgan fingerprint density at radius 2 is 1.77 bits per heavy atom. The Morgan fingerprint density at radius 1 is 1.06 bits per heavy atom.